The topological polar surface area (TPSA) is 30.7 Å². The van der Waals surface area contributed by atoms with Crippen molar-refractivity contribution in [3.8, 4) is 28.3 Å². The number of rotatable bonds is 3. The number of hydrogen-bond acceptors (Lipinski definition) is 4. The molecule has 48 heavy (non-hydrogen) atoms. The van der Waals surface area contributed by atoms with Crippen molar-refractivity contribution in [2.75, 3.05) is 0 Å². The Bertz CT molecular complexity index is 2930. The number of benzene rings is 6. The van der Waals surface area contributed by atoms with E-state index in [0.717, 1.165) is 65.1 Å². The molecular formula is C42H26FN3S2. The fraction of sp³-hybridized carbons (Fsp3) is 0.0476. The van der Waals surface area contributed by atoms with Gasteiger partial charge < -0.3 is 0 Å². The summed E-state index contributed by atoms with van der Waals surface area (Å²) in [5.74, 6) is 0.550. The molecule has 4 heterocycles. The maximum Gasteiger partial charge on any atom is 0.147 e. The molecule has 6 aromatic carbocycles. The van der Waals surface area contributed by atoms with E-state index in [0.29, 0.717) is 5.39 Å². The van der Waals surface area contributed by atoms with Crippen LogP contribution in [0.5, 0.6) is 0 Å². The molecule has 0 fully saturated rings. The van der Waals surface area contributed by atoms with Crippen LogP contribution < -0.4 is 0 Å². The van der Waals surface area contributed by atoms with Gasteiger partial charge in [0, 0.05) is 47.5 Å². The normalized spacial score (nSPS) is 12.1. The molecule has 0 N–H and O–H groups in total. The minimum atomic E-state index is -0.249. The van der Waals surface area contributed by atoms with Crippen LogP contribution in [0.15, 0.2) is 121 Å². The zero-order valence-corrected chi connectivity index (χ0v) is 27.7. The third-order valence-electron chi connectivity index (χ3n) is 9.57. The molecule has 0 atom stereocenters. The van der Waals surface area contributed by atoms with Gasteiger partial charge in [0.05, 0.1) is 27.1 Å². The van der Waals surface area contributed by atoms with Crippen LogP contribution in [-0.4, -0.2) is 14.5 Å². The lowest BCUT2D eigenvalue weighted by Crippen LogP contribution is -2.03. The summed E-state index contributed by atoms with van der Waals surface area (Å²) in [6.07, 6.45) is 0. The molecule has 228 valence electrons. The van der Waals surface area contributed by atoms with Gasteiger partial charge in [-0.3, -0.25) is 4.57 Å². The summed E-state index contributed by atoms with van der Waals surface area (Å²) in [6.45, 7) is 4.43. The monoisotopic (exact) mass is 655 g/mol. The highest BCUT2D eigenvalue weighted by molar-refractivity contribution is 7.26. The minimum absolute atomic E-state index is 0.249. The Labute approximate surface area is 283 Å². The van der Waals surface area contributed by atoms with E-state index < -0.39 is 0 Å². The van der Waals surface area contributed by atoms with Crippen LogP contribution >= 0.6 is 22.7 Å². The molecule has 4 aromatic heterocycles. The van der Waals surface area contributed by atoms with Gasteiger partial charge in [0.2, 0.25) is 0 Å². The minimum Gasteiger partial charge on any atom is -0.291 e. The zero-order chi connectivity index (χ0) is 32.1. The number of pyridine rings is 1. The van der Waals surface area contributed by atoms with Crippen LogP contribution in [0, 0.1) is 19.7 Å². The van der Waals surface area contributed by atoms with Gasteiger partial charge >= 0.3 is 0 Å². The number of nitrogens with zero attached hydrogens (tertiary/aromatic N) is 3. The Morgan fingerprint density at radius 2 is 1.44 bits per heavy atom. The first kappa shape index (κ1) is 27.7. The molecule has 0 aliphatic rings. The molecule has 0 saturated heterocycles. The summed E-state index contributed by atoms with van der Waals surface area (Å²) in [5.41, 5.74) is 8.26. The van der Waals surface area contributed by atoms with Crippen molar-refractivity contribution in [1.29, 1.82) is 0 Å². The smallest absolute Gasteiger partial charge is 0.147 e. The summed E-state index contributed by atoms with van der Waals surface area (Å²) in [5, 5.41) is 6.26. The Hall–Kier alpha value is -5.43. The fourth-order valence-corrected chi connectivity index (χ4v) is 9.80. The van der Waals surface area contributed by atoms with E-state index in [9.17, 15) is 0 Å². The van der Waals surface area contributed by atoms with Gasteiger partial charge in [-0.25, -0.2) is 14.4 Å². The summed E-state index contributed by atoms with van der Waals surface area (Å²) in [6, 6.07) is 41.3. The van der Waals surface area contributed by atoms with Gasteiger partial charge in [-0.1, -0.05) is 78.9 Å². The second-order valence-corrected chi connectivity index (χ2v) is 14.4. The molecule has 0 aliphatic heterocycles. The average molecular weight is 656 g/mol. The van der Waals surface area contributed by atoms with E-state index in [4.69, 9.17) is 9.97 Å². The number of thiophene rings is 2. The number of halogens is 1. The summed E-state index contributed by atoms with van der Waals surface area (Å²) in [7, 11) is 0. The van der Waals surface area contributed by atoms with Crippen LogP contribution in [-0.2, 0) is 0 Å². The van der Waals surface area contributed by atoms with Crippen molar-refractivity contribution in [1.82, 2.24) is 14.5 Å². The van der Waals surface area contributed by atoms with Crippen LogP contribution in [0.4, 0.5) is 4.39 Å². The van der Waals surface area contributed by atoms with Crippen molar-refractivity contribution >= 4 is 85.0 Å². The summed E-state index contributed by atoms with van der Waals surface area (Å²) in [4.78, 5) is 11.2. The SMILES string of the molecule is Cc1cc2c(sc3ccccc32)c(C)c1-n1c(-c2ccc(F)c3c2sc2nc(-c4ccccc4)ccc23)nc2ccc3ccccc3c21. The molecule has 0 radical (unpaired) electrons. The molecule has 0 unspecified atom stereocenters. The fourth-order valence-electron chi connectivity index (χ4n) is 7.42. The van der Waals surface area contributed by atoms with Gasteiger partial charge in [-0.05, 0) is 72.8 Å². The van der Waals surface area contributed by atoms with Crippen molar-refractivity contribution in [2.24, 2.45) is 0 Å². The number of aryl methyl sites for hydroxylation is 2. The molecule has 6 heteroatoms. The van der Waals surface area contributed by atoms with Crippen molar-refractivity contribution in [3.05, 3.63) is 138 Å². The molecule has 0 bridgehead atoms. The van der Waals surface area contributed by atoms with E-state index in [1.54, 1.807) is 6.07 Å². The first-order valence-corrected chi connectivity index (χ1v) is 17.6. The number of imidazole rings is 1. The van der Waals surface area contributed by atoms with Gasteiger partial charge in [-0.2, -0.15) is 0 Å². The van der Waals surface area contributed by atoms with Crippen molar-refractivity contribution < 1.29 is 4.39 Å². The van der Waals surface area contributed by atoms with Crippen molar-refractivity contribution in [2.45, 2.75) is 13.8 Å². The molecule has 0 amide bonds. The Kier molecular flexibility index (Phi) is 5.93. The highest BCUT2D eigenvalue weighted by Gasteiger charge is 2.25. The van der Waals surface area contributed by atoms with Crippen LogP contribution in [0.25, 0.3) is 90.6 Å². The Morgan fingerprint density at radius 3 is 2.31 bits per heavy atom. The standard InChI is InChI=1S/C42H26FN3S2/c1-23-22-31-28-14-8-9-15-35(28)47-39(31)24(2)37(23)46-38-27-13-7-6-10-25(27)16-20-34(38)44-41(46)30-17-19-32(43)36-29-18-21-33(26-11-4-3-5-12-26)45-42(29)48-40(30)36/h3-22H,1-2H3. The number of hydrogen-bond donors (Lipinski definition) is 0. The highest BCUT2D eigenvalue weighted by atomic mass is 32.1. The van der Waals surface area contributed by atoms with Crippen molar-refractivity contribution in [3.63, 3.8) is 0 Å². The largest absolute Gasteiger partial charge is 0.291 e. The molecule has 0 saturated carbocycles. The van der Waals surface area contributed by atoms with E-state index >= 15 is 4.39 Å². The zero-order valence-electron chi connectivity index (χ0n) is 26.1. The quantitative estimate of drug-likeness (QED) is 0.190. The molecule has 0 spiro atoms. The summed E-state index contributed by atoms with van der Waals surface area (Å²) >= 11 is 3.37. The van der Waals surface area contributed by atoms with Gasteiger partial charge in [-0.15, -0.1) is 22.7 Å². The van der Waals surface area contributed by atoms with E-state index in [2.05, 4.69) is 97.3 Å². The van der Waals surface area contributed by atoms with Gasteiger partial charge in [0.25, 0.3) is 0 Å². The average Bonchev–Trinajstić information content (AvgIpc) is 3.81. The molecule has 10 rings (SSSR count). The van der Waals surface area contributed by atoms with E-state index in [1.807, 2.05) is 47.7 Å². The highest BCUT2D eigenvalue weighted by Crippen LogP contribution is 2.46. The molecule has 0 aliphatic carbocycles. The molecule has 3 nitrogen and oxygen atoms in total. The van der Waals surface area contributed by atoms with Crippen LogP contribution in [0.1, 0.15) is 11.1 Å². The lowest BCUT2D eigenvalue weighted by Gasteiger charge is -2.17. The van der Waals surface area contributed by atoms with Crippen LogP contribution in [0.2, 0.25) is 0 Å². The van der Waals surface area contributed by atoms with Crippen LogP contribution in [0.3, 0.4) is 0 Å². The first-order chi connectivity index (χ1) is 23.5. The molecule has 10 aromatic rings. The first-order valence-electron chi connectivity index (χ1n) is 15.9. The number of fused-ring (bicyclic) bond motifs is 9. The molecular weight excluding hydrogens is 630 g/mol. The Morgan fingerprint density at radius 1 is 0.646 bits per heavy atom. The number of aromatic nitrogens is 3. The third-order valence-corrected chi connectivity index (χ3v) is 12.0. The Balaban J connectivity index is 1.32. The second-order valence-electron chi connectivity index (χ2n) is 12.4. The van der Waals surface area contributed by atoms with E-state index in [1.165, 1.54) is 42.6 Å². The maximum atomic E-state index is 15.9. The summed E-state index contributed by atoms with van der Waals surface area (Å²) < 4.78 is 21.6. The lowest BCUT2D eigenvalue weighted by atomic mass is 10.0. The second kappa shape index (κ2) is 10.3. The predicted octanol–water partition coefficient (Wildman–Crippen LogP) is 12.4. The third kappa shape index (κ3) is 3.90. The predicted molar refractivity (Wildman–Crippen MR) is 202 cm³/mol. The lowest BCUT2D eigenvalue weighted by molar-refractivity contribution is 0.641. The van der Waals surface area contributed by atoms with Gasteiger partial charge in [0.1, 0.15) is 16.5 Å². The van der Waals surface area contributed by atoms with Gasteiger partial charge in [0.15, 0.2) is 0 Å². The van der Waals surface area contributed by atoms with E-state index in [-0.39, 0.29) is 5.82 Å². The maximum absolute atomic E-state index is 15.9.